The van der Waals surface area contributed by atoms with Crippen molar-refractivity contribution in [1.29, 1.82) is 0 Å². The SMILES string of the molecule is Cc1nc(-c2cccc(Cl)c2)sc1CN. The summed E-state index contributed by atoms with van der Waals surface area (Å²) >= 11 is 7.55. The average Bonchev–Trinajstić information content (AvgIpc) is 2.60. The van der Waals surface area contributed by atoms with Crippen LogP contribution in [0.2, 0.25) is 5.02 Å². The third-order valence-corrected chi connectivity index (χ3v) is 3.61. The van der Waals surface area contributed by atoms with Crippen molar-refractivity contribution in [3.8, 4) is 10.6 Å². The van der Waals surface area contributed by atoms with Crippen molar-refractivity contribution < 1.29 is 0 Å². The number of nitrogens with two attached hydrogens (primary N) is 1. The van der Waals surface area contributed by atoms with E-state index in [-0.39, 0.29) is 0 Å². The third kappa shape index (κ3) is 2.20. The first-order valence-electron chi connectivity index (χ1n) is 4.63. The van der Waals surface area contributed by atoms with Crippen molar-refractivity contribution in [2.75, 3.05) is 0 Å². The van der Waals surface area contributed by atoms with Crippen LogP contribution in [0, 0.1) is 6.92 Å². The summed E-state index contributed by atoms with van der Waals surface area (Å²) < 4.78 is 0. The van der Waals surface area contributed by atoms with Crippen molar-refractivity contribution in [2.24, 2.45) is 5.73 Å². The molecule has 0 aliphatic heterocycles. The lowest BCUT2D eigenvalue weighted by molar-refractivity contribution is 1.06. The van der Waals surface area contributed by atoms with Crippen LogP contribution in [0.15, 0.2) is 24.3 Å². The Bertz CT molecular complexity index is 479. The molecule has 0 radical (unpaired) electrons. The van der Waals surface area contributed by atoms with Gasteiger partial charge in [-0.3, -0.25) is 0 Å². The minimum atomic E-state index is 0.546. The van der Waals surface area contributed by atoms with E-state index >= 15 is 0 Å². The summed E-state index contributed by atoms with van der Waals surface area (Å²) in [5.41, 5.74) is 7.68. The number of thiazole rings is 1. The molecule has 1 aromatic carbocycles. The van der Waals surface area contributed by atoms with Gasteiger partial charge >= 0.3 is 0 Å². The highest BCUT2D eigenvalue weighted by Gasteiger charge is 2.07. The number of aryl methyl sites for hydroxylation is 1. The van der Waals surface area contributed by atoms with E-state index in [0.717, 1.165) is 26.2 Å². The van der Waals surface area contributed by atoms with Gasteiger partial charge in [-0.05, 0) is 19.1 Å². The summed E-state index contributed by atoms with van der Waals surface area (Å²) in [6.07, 6.45) is 0. The molecule has 0 unspecified atom stereocenters. The molecule has 2 nitrogen and oxygen atoms in total. The fourth-order valence-corrected chi connectivity index (χ4v) is 2.49. The molecular formula is C11H11ClN2S. The summed E-state index contributed by atoms with van der Waals surface area (Å²) in [7, 11) is 0. The van der Waals surface area contributed by atoms with E-state index < -0.39 is 0 Å². The second kappa shape index (κ2) is 4.31. The van der Waals surface area contributed by atoms with Crippen molar-refractivity contribution in [3.63, 3.8) is 0 Å². The topological polar surface area (TPSA) is 38.9 Å². The van der Waals surface area contributed by atoms with Crippen LogP contribution in [-0.4, -0.2) is 4.98 Å². The van der Waals surface area contributed by atoms with Crippen LogP contribution in [0.25, 0.3) is 10.6 Å². The highest BCUT2D eigenvalue weighted by molar-refractivity contribution is 7.15. The van der Waals surface area contributed by atoms with Gasteiger partial charge < -0.3 is 5.73 Å². The molecular weight excluding hydrogens is 228 g/mol. The second-order valence-electron chi connectivity index (χ2n) is 3.24. The largest absolute Gasteiger partial charge is 0.326 e. The lowest BCUT2D eigenvalue weighted by Gasteiger charge is -1.95. The molecule has 2 aromatic rings. The number of halogens is 1. The van der Waals surface area contributed by atoms with Gasteiger partial charge in [0.15, 0.2) is 0 Å². The van der Waals surface area contributed by atoms with Crippen molar-refractivity contribution in [2.45, 2.75) is 13.5 Å². The number of hydrogen-bond donors (Lipinski definition) is 1. The minimum Gasteiger partial charge on any atom is -0.326 e. The smallest absolute Gasteiger partial charge is 0.123 e. The number of aromatic nitrogens is 1. The predicted molar refractivity (Wildman–Crippen MR) is 65.2 cm³/mol. The first-order chi connectivity index (χ1) is 7.20. The summed E-state index contributed by atoms with van der Waals surface area (Å²) in [6, 6.07) is 7.70. The molecule has 1 aromatic heterocycles. The molecule has 0 saturated heterocycles. The Morgan fingerprint density at radius 2 is 2.27 bits per heavy atom. The Kier molecular flexibility index (Phi) is 3.05. The van der Waals surface area contributed by atoms with E-state index in [0.29, 0.717) is 6.54 Å². The molecule has 2 N–H and O–H groups in total. The quantitative estimate of drug-likeness (QED) is 0.873. The molecule has 0 saturated carbocycles. The number of rotatable bonds is 2. The maximum Gasteiger partial charge on any atom is 0.123 e. The Morgan fingerprint density at radius 1 is 1.47 bits per heavy atom. The van der Waals surface area contributed by atoms with Crippen molar-refractivity contribution >= 4 is 22.9 Å². The summed E-state index contributed by atoms with van der Waals surface area (Å²) in [6.45, 7) is 2.52. The van der Waals surface area contributed by atoms with E-state index in [9.17, 15) is 0 Å². The fourth-order valence-electron chi connectivity index (χ4n) is 1.36. The molecule has 2 rings (SSSR count). The molecule has 0 bridgehead atoms. The first kappa shape index (κ1) is 10.6. The normalized spacial score (nSPS) is 10.6. The third-order valence-electron chi connectivity index (χ3n) is 2.15. The zero-order valence-electron chi connectivity index (χ0n) is 8.33. The van der Waals surface area contributed by atoms with Gasteiger partial charge in [-0.25, -0.2) is 4.98 Å². The van der Waals surface area contributed by atoms with Gasteiger partial charge in [-0.2, -0.15) is 0 Å². The van der Waals surface area contributed by atoms with Crippen LogP contribution < -0.4 is 5.73 Å². The van der Waals surface area contributed by atoms with Gasteiger partial charge in [0.05, 0.1) is 5.69 Å². The van der Waals surface area contributed by atoms with E-state index in [1.807, 2.05) is 31.2 Å². The minimum absolute atomic E-state index is 0.546. The molecule has 15 heavy (non-hydrogen) atoms. The van der Waals surface area contributed by atoms with Gasteiger partial charge in [0.25, 0.3) is 0 Å². The molecule has 0 amide bonds. The summed E-state index contributed by atoms with van der Waals surface area (Å²) in [4.78, 5) is 5.60. The molecule has 0 atom stereocenters. The number of nitrogens with zero attached hydrogens (tertiary/aromatic N) is 1. The van der Waals surface area contributed by atoms with E-state index in [4.69, 9.17) is 17.3 Å². The van der Waals surface area contributed by atoms with Crippen LogP contribution in [0.3, 0.4) is 0 Å². The van der Waals surface area contributed by atoms with Gasteiger partial charge in [0.2, 0.25) is 0 Å². The monoisotopic (exact) mass is 238 g/mol. The molecule has 0 fully saturated rings. The predicted octanol–water partition coefficient (Wildman–Crippen LogP) is 3.23. The highest BCUT2D eigenvalue weighted by Crippen LogP contribution is 2.28. The first-order valence-corrected chi connectivity index (χ1v) is 5.82. The maximum atomic E-state index is 5.93. The lowest BCUT2D eigenvalue weighted by Crippen LogP contribution is -1.94. The molecule has 0 spiro atoms. The second-order valence-corrected chi connectivity index (χ2v) is 4.76. The highest BCUT2D eigenvalue weighted by atomic mass is 35.5. The van der Waals surface area contributed by atoms with Gasteiger partial charge in [0, 0.05) is 22.0 Å². The van der Waals surface area contributed by atoms with Crippen LogP contribution in [0.5, 0.6) is 0 Å². The number of hydrogen-bond acceptors (Lipinski definition) is 3. The molecule has 0 aliphatic rings. The Morgan fingerprint density at radius 3 is 2.87 bits per heavy atom. The van der Waals surface area contributed by atoms with E-state index in [2.05, 4.69) is 4.98 Å². The standard InChI is InChI=1S/C11H11ClN2S/c1-7-10(6-13)15-11(14-7)8-3-2-4-9(12)5-8/h2-5H,6,13H2,1H3. The average molecular weight is 239 g/mol. The molecule has 4 heteroatoms. The van der Waals surface area contributed by atoms with E-state index in [1.165, 1.54) is 0 Å². The lowest BCUT2D eigenvalue weighted by atomic mass is 10.2. The summed E-state index contributed by atoms with van der Waals surface area (Å²) in [5, 5.41) is 1.71. The Hall–Kier alpha value is -0.900. The van der Waals surface area contributed by atoms with Gasteiger partial charge in [-0.15, -0.1) is 11.3 Å². The van der Waals surface area contributed by atoms with Crippen LogP contribution in [-0.2, 0) is 6.54 Å². The van der Waals surface area contributed by atoms with Crippen molar-refractivity contribution in [3.05, 3.63) is 39.9 Å². The molecule has 0 aliphatic carbocycles. The van der Waals surface area contributed by atoms with Crippen LogP contribution in [0.1, 0.15) is 10.6 Å². The van der Waals surface area contributed by atoms with Gasteiger partial charge in [-0.1, -0.05) is 23.7 Å². The zero-order chi connectivity index (χ0) is 10.8. The Balaban J connectivity index is 2.45. The fraction of sp³-hybridized carbons (Fsp3) is 0.182. The summed E-state index contributed by atoms with van der Waals surface area (Å²) in [5.74, 6) is 0. The zero-order valence-corrected chi connectivity index (χ0v) is 9.90. The van der Waals surface area contributed by atoms with Crippen LogP contribution >= 0.6 is 22.9 Å². The molecule has 1 heterocycles. The molecule has 78 valence electrons. The van der Waals surface area contributed by atoms with E-state index in [1.54, 1.807) is 11.3 Å². The van der Waals surface area contributed by atoms with Gasteiger partial charge in [0.1, 0.15) is 5.01 Å². The maximum absolute atomic E-state index is 5.93. The number of benzene rings is 1. The van der Waals surface area contributed by atoms with Crippen LogP contribution in [0.4, 0.5) is 0 Å². The Labute approximate surface area is 97.7 Å². The van der Waals surface area contributed by atoms with Crippen molar-refractivity contribution in [1.82, 2.24) is 4.98 Å².